The van der Waals surface area contributed by atoms with Gasteiger partial charge in [0, 0.05) is 6.04 Å². The Hall–Kier alpha value is -1.23. The van der Waals surface area contributed by atoms with Crippen molar-refractivity contribution in [2.24, 2.45) is 0 Å². The van der Waals surface area contributed by atoms with E-state index in [2.05, 4.69) is 19.5 Å². The summed E-state index contributed by atoms with van der Waals surface area (Å²) in [6.45, 7) is 0. The maximum Gasteiger partial charge on any atom is 0.157 e. The lowest BCUT2D eigenvalue weighted by atomic mass is 9.95. The van der Waals surface area contributed by atoms with Gasteiger partial charge in [0.15, 0.2) is 4.64 Å². The zero-order valence-corrected chi connectivity index (χ0v) is 9.83. The van der Waals surface area contributed by atoms with Crippen molar-refractivity contribution >= 4 is 23.4 Å². The average molecular weight is 234 g/mol. The van der Waals surface area contributed by atoms with Crippen molar-refractivity contribution in [3.05, 3.63) is 17.3 Å². The summed E-state index contributed by atoms with van der Waals surface area (Å²) in [5, 5.41) is 0. The first kappa shape index (κ1) is 9.96. The molecular formula is C11H14N4S. The van der Waals surface area contributed by atoms with Crippen molar-refractivity contribution in [1.29, 1.82) is 0 Å². The fraction of sp³-hybridized carbons (Fsp3) is 0.545. The van der Waals surface area contributed by atoms with E-state index in [1.54, 1.807) is 6.33 Å². The Morgan fingerprint density at radius 1 is 1.25 bits per heavy atom. The van der Waals surface area contributed by atoms with E-state index in [0.29, 0.717) is 10.7 Å². The van der Waals surface area contributed by atoms with E-state index < -0.39 is 0 Å². The molecule has 0 aliphatic heterocycles. The molecule has 0 bridgehead atoms. The van der Waals surface area contributed by atoms with Gasteiger partial charge in [-0.05, 0) is 12.8 Å². The second kappa shape index (κ2) is 3.97. The van der Waals surface area contributed by atoms with Crippen LogP contribution in [0.2, 0.25) is 0 Å². The van der Waals surface area contributed by atoms with E-state index in [9.17, 15) is 0 Å². The zero-order valence-electron chi connectivity index (χ0n) is 9.02. The highest BCUT2D eigenvalue weighted by Crippen LogP contribution is 2.29. The van der Waals surface area contributed by atoms with Crippen LogP contribution in [0.4, 0.5) is 0 Å². The molecule has 3 rings (SSSR count). The number of fused-ring (bicyclic) bond motifs is 1. The van der Waals surface area contributed by atoms with Crippen LogP contribution in [0.1, 0.15) is 38.1 Å². The maximum atomic E-state index is 5.16. The number of hydrogen-bond acceptors (Lipinski definition) is 3. The van der Waals surface area contributed by atoms with Crippen LogP contribution in [0.25, 0.3) is 11.2 Å². The van der Waals surface area contributed by atoms with Gasteiger partial charge in [-0.15, -0.1) is 0 Å². The summed E-state index contributed by atoms with van der Waals surface area (Å²) in [7, 11) is 0. The minimum absolute atomic E-state index is 0.576. The van der Waals surface area contributed by atoms with Gasteiger partial charge in [-0.1, -0.05) is 31.5 Å². The van der Waals surface area contributed by atoms with Gasteiger partial charge in [0.25, 0.3) is 0 Å². The lowest BCUT2D eigenvalue weighted by Crippen LogP contribution is -2.12. The molecule has 1 aliphatic rings. The van der Waals surface area contributed by atoms with Crippen LogP contribution in [-0.4, -0.2) is 19.5 Å². The van der Waals surface area contributed by atoms with E-state index in [1.165, 1.54) is 32.1 Å². The average Bonchev–Trinajstić information content (AvgIpc) is 2.75. The van der Waals surface area contributed by atoms with E-state index >= 15 is 0 Å². The third kappa shape index (κ3) is 1.55. The largest absolute Gasteiger partial charge is 0.330 e. The molecule has 2 heterocycles. The smallest absolute Gasteiger partial charge is 0.157 e. The van der Waals surface area contributed by atoms with Gasteiger partial charge in [0.2, 0.25) is 0 Å². The Kier molecular flexibility index (Phi) is 2.47. The van der Waals surface area contributed by atoms with Crippen LogP contribution in [0, 0.1) is 4.64 Å². The summed E-state index contributed by atoms with van der Waals surface area (Å²) in [6.07, 6.45) is 10.0. The summed E-state index contributed by atoms with van der Waals surface area (Å²) >= 11 is 5.16. The molecule has 0 saturated heterocycles. The Labute approximate surface area is 98.7 Å². The Morgan fingerprint density at radius 3 is 2.88 bits per heavy atom. The molecule has 4 nitrogen and oxygen atoms in total. The van der Waals surface area contributed by atoms with Gasteiger partial charge >= 0.3 is 0 Å². The van der Waals surface area contributed by atoms with Gasteiger partial charge < -0.3 is 9.55 Å². The first-order valence-corrected chi connectivity index (χ1v) is 6.17. The third-order valence-electron chi connectivity index (χ3n) is 3.35. The Morgan fingerprint density at radius 2 is 2.06 bits per heavy atom. The Balaban J connectivity index is 2.10. The summed E-state index contributed by atoms with van der Waals surface area (Å²) in [6, 6.07) is 0.576. The van der Waals surface area contributed by atoms with Crippen molar-refractivity contribution in [1.82, 2.24) is 19.5 Å². The summed E-state index contributed by atoms with van der Waals surface area (Å²) in [5.41, 5.74) is 1.84. The number of imidazole rings is 1. The summed E-state index contributed by atoms with van der Waals surface area (Å²) in [5.74, 6) is 0. The minimum atomic E-state index is 0.576. The normalized spacial score (nSPS) is 18.0. The molecule has 84 valence electrons. The number of aromatic nitrogens is 4. The molecule has 0 unspecified atom stereocenters. The van der Waals surface area contributed by atoms with Gasteiger partial charge in [-0.3, -0.25) is 0 Å². The number of hydrogen-bond donors (Lipinski definition) is 1. The SMILES string of the molecule is S=c1nc[nH]c2c1ncn2C1CCCCC1. The van der Waals surface area contributed by atoms with Crippen LogP contribution in [-0.2, 0) is 0 Å². The van der Waals surface area contributed by atoms with E-state index in [4.69, 9.17) is 12.2 Å². The number of nitrogens with zero attached hydrogens (tertiary/aromatic N) is 3. The second-order valence-electron chi connectivity index (χ2n) is 4.35. The van der Waals surface area contributed by atoms with Crippen molar-refractivity contribution in [3.8, 4) is 0 Å². The quantitative estimate of drug-likeness (QED) is 0.771. The number of aromatic amines is 1. The standard InChI is InChI=1S/C11H14N4S/c16-11-9-10(12-6-13-11)15(7-14-9)8-4-2-1-3-5-8/h6-8H,1-5H2,(H,12,13,16). The predicted octanol–water partition coefficient (Wildman–Crippen LogP) is 2.99. The summed E-state index contributed by atoms with van der Waals surface area (Å²) in [4.78, 5) is 11.6. The molecular weight excluding hydrogens is 220 g/mol. The van der Waals surface area contributed by atoms with Gasteiger partial charge in [0.05, 0.1) is 12.7 Å². The first-order valence-electron chi connectivity index (χ1n) is 5.76. The topological polar surface area (TPSA) is 46.5 Å². The lowest BCUT2D eigenvalue weighted by Gasteiger charge is -2.23. The molecule has 5 heteroatoms. The van der Waals surface area contributed by atoms with Crippen molar-refractivity contribution in [3.63, 3.8) is 0 Å². The molecule has 1 fully saturated rings. The molecule has 1 N–H and O–H groups in total. The fourth-order valence-electron chi connectivity index (χ4n) is 2.51. The molecule has 0 aromatic carbocycles. The molecule has 0 atom stereocenters. The van der Waals surface area contributed by atoms with Crippen molar-refractivity contribution in [2.75, 3.05) is 0 Å². The summed E-state index contributed by atoms with van der Waals surface area (Å²) < 4.78 is 2.81. The maximum absolute atomic E-state index is 5.16. The number of rotatable bonds is 1. The van der Waals surface area contributed by atoms with Crippen LogP contribution < -0.4 is 0 Å². The molecule has 0 spiro atoms. The van der Waals surface area contributed by atoms with Gasteiger partial charge in [-0.25, -0.2) is 9.97 Å². The van der Waals surface area contributed by atoms with Crippen molar-refractivity contribution in [2.45, 2.75) is 38.1 Å². The van der Waals surface area contributed by atoms with E-state index in [-0.39, 0.29) is 0 Å². The second-order valence-corrected chi connectivity index (χ2v) is 4.74. The minimum Gasteiger partial charge on any atom is -0.330 e. The first-order chi connectivity index (χ1) is 7.86. The molecule has 1 aliphatic carbocycles. The van der Waals surface area contributed by atoms with Gasteiger partial charge in [0.1, 0.15) is 11.2 Å². The highest BCUT2D eigenvalue weighted by Gasteiger charge is 2.17. The van der Waals surface area contributed by atoms with Gasteiger partial charge in [-0.2, -0.15) is 0 Å². The van der Waals surface area contributed by atoms with Crippen molar-refractivity contribution < 1.29 is 0 Å². The highest BCUT2D eigenvalue weighted by atomic mass is 32.1. The number of H-pyrrole nitrogens is 1. The van der Waals surface area contributed by atoms with E-state index in [0.717, 1.165) is 11.2 Å². The van der Waals surface area contributed by atoms with Crippen LogP contribution in [0.5, 0.6) is 0 Å². The predicted molar refractivity (Wildman–Crippen MR) is 64.8 cm³/mol. The molecule has 2 aromatic rings. The Bertz CT molecular complexity index is 550. The molecule has 0 amide bonds. The fourth-order valence-corrected chi connectivity index (χ4v) is 2.71. The molecule has 2 aromatic heterocycles. The molecule has 16 heavy (non-hydrogen) atoms. The van der Waals surface area contributed by atoms with Crippen LogP contribution >= 0.6 is 12.2 Å². The molecule has 0 radical (unpaired) electrons. The van der Waals surface area contributed by atoms with Crippen LogP contribution in [0.3, 0.4) is 0 Å². The third-order valence-corrected chi connectivity index (χ3v) is 3.65. The van der Waals surface area contributed by atoms with Crippen LogP contribution in [0.15, 0.2) is 12.7 Å². The highest BCUT2D eigenvalue weighted by molar-refractivity contribution is 7.71. The zero-order chi connectivity index (χ0) is 11.0. The number of nitrogens with one attached hydrogen (secondary N) is 1. The molecule has 1 saturated carbocycles. The monoisotopic (exact) mass is 234 g/mol. The van der Waals surface area contributed by atoms with E-state index in [1.807, 2.05) is 6.33 Å². The lowest BCUT2D eigenvalue weighted by molar-refractivity contribution is 0.358.